The Kier molecular flexibility index (Phi) is 4.79. The van der Waals surface area contributed by atoms with Crippen molar-refractivity contribution in [1.29, 1.82) is 0 Å². The molecule has 0 spiro atoms. The molecular formula is C25H32N4O. The van der Waals surface area contributed by atoms with Crippen molar-refractivity contribution < 1.29 is 5.11 Å². The zero-order valence-electron chi connectivity index (χ0n) is 18.3. The molecule has 2 saturated carbocycles. The summed E-state index contributed by atoms with van der Waals surface area (Å²) in [4.78, 5) is 0. The predicted octanol–water partition coefficient (Wildman–Crippen LogP) is 5.25. The Bertz CT molecular complexity index is 1020. The lowest BCUT2D eigenvalue weighted by atomic mass is 9.55. The molecule has 3 aliphatic carbocycles. The minimum absolute atomic E-state index is 0.176. The molecule has 1 aromatic carbocycles. The second-order valence-corrected chi connectivity index (χ2v) is 9.61. The highest BCUT2D eigenvalue weighted by atomic mass is 16.3. The van der Waals surface area contributed by atoms with Crippen LogP contribution in [0.5, 0.6) is 5.75 Å². The topological polar surface area (TPSA) is 62.8 Å². The minimum atomic E-state index is 0.176. The van der Waals surface area contributed by atoms with Crippen LogP contribution in [0.1, 0.15) is 74.3 Å². The molecule has 1 heterocycles. The van der Waals surface area contributed by atoms with Gasteiger partial charge in [-0.2, -0.15) is 15.3 Å². The third-order valence-corrected chi connectivity index (χ3v) is 8.13. The van der Waals surface area contributed by atoms with Gasteiger partial charge >= 0.3 is 0 Å². The Morgan fingerprint density at radius 2 is 2.13 bits per heavy atom. The van der Waals surface area contributed by atoms with E-state index in [0.29, 0.717) is 17.6 Å². The highest BCUT2D eigenvalue weighted by molar-refractivity contribution is 5.93. The fraction of sp³-hybridized carbons (Fsp3) is 0.560. The lowest BCUT2D eigenvalue weighted by Gasteiger charge is -2.49. The van der Waals surface area contributed by atoms with E-state index in [9.17, 15) is 5.11 Å². The van der Waals surface area contributed by atoms with E-state index in [4.69, 9.17) is 5.10 Å². The molecule has 5 rings (SSSR count). The predicted molar refractivity (Wildman–Crippen MR) is 120 cm³/mol. The van der Waals surface area contributed by atoms with Crippen LogP contribution >= 0.6 is 0 Å². The van der Waals surface area contributed by atoms with Gasteiger partial charge in [-0.25, -0.2) is 0 Å². The fourth-order valence-electron chi connectivity index (χ4n) is 6.50. The van der Waals surface area contributed by atoms with Crippen LogP contribution in [-0.2, 0) is 13.0 Å². The Morgan fingerprint density at radius 3 is 2.93 bits per heavy atom. The molecule has 3 aliphatic rings. The van der Waals surface area contributed by atoms with Gasteiger partial charge in [0.1, 0.15) is 5.75 Å². The van der Waals surface area contributed by atoms with E-state index in [2.05, 4.69) is 30.1 Å². The summed E-state index contributed by atoms with van der Waals surface area (Å²) in [5, 5.41) is 23.6. The van der Waals surface area contributed by atoms with Gasteiger partial charge in [0.25, 0.3) is 0 Å². The van der Waals surface area contributed by atoms with Gasteiger partial charge < -0.3 is 5.11 Å². The van der Waals surface area contributed by atoms with Crippen molar-refractivity contribution >= 4 is 11.9 Å². The fourth-order valence-corrected chi connectivity index (χ4v) is 6.50. The number of hydrogen-bond acceptors (Lipinski definition) is 4. The first-order valence-electron chi connectivity index (χ1n) is 11.5. The number of hydrogen-bond donors (Lipinski definition) is 1. The molecule has 1 N–H and O–H groups in total. The molecule has 0 amide bonds. The van der Waals surface area contributed by atoms with E-state index < -0.39 is 0 Å². The van der Waals surface area contributed by atoms with Crippen molar-refractivity contribution in [2.24, 2.45) is 27.5 Å². The third kappa shape index (κ3) is 3.10. The number of aromatic nitrogens is 2. The first-order chi connectivity index (χ1) is 14.5. The number of phenolic OH excluding ortho intramolecular Hbond substituents is 1. The van der Waals surface area contributed by atoms with Crippen molar-refractivity contribution in [2.75, 3.05) is 0 Å². The Labute approximate surface area is 178 Å². The van der Waals surface area contributed by atoms with Crippen molar-refractivity contribution in [3.8, 4) is 5.75 Å². The lowest BCUT2D eigenvalue weighted by molar-refractivity contribution is 0.0955. The monoisotopic (exact) mass is 404 g/mol. The summed E-state index contributed by atoms with van der Waals surface area (Å²) in [5.74, 6) is 2.46. The number of nitrogens with zero attached hydrogens (tertiary/aromatic N) is 4. The smallest absolute Gasteiger partial charge is 0.115 e. The molecule has 4 atom stereocenters. The lowest BCUT2D eigenvalue weighted by Crippen LogP contribution is -2.42. The Hall–Kier alpha value is -2.43. The van der Waals surface area contributed by atoms with E-state index in [1.54, 1.807) is 0 Å². The maximum Gasteiger partial charge on any atom is 0.115 e. The first kappa shape index (κ1) is 19.5. The second-order valence-electron chi connectivity index (χ2n) is 9.61. The van der Waals surface area contributed by atoms with Crippen LogP contribution in [0.25, 0.3) is 0 Å². The number of rotatable bonds is 3. The molecule has 0 aliphatic heterocycles. The van der Waals surface area contributed by atoms with Crippen LogP contribution in [0, 0.1) is 24.2 Å². The largest absolute Gasteiger partial charge is 0.508 e. The Morgan fingerprint density at radius 1 is 1.27 bits per heavy atom. The molecule has 0 unspecified atom stereocenters. The third-order valence-electron chi connectivity index (χ3n) is 8.13. The number of benzene rings is 1. The molecule has 1 aromatic heterocycles. The zero-order chi connectivity index (χ0) is 20.9. The summed E-state index contributed by atoms with van der Waals surface area (Å²) in [6, 6.07) is 6.03. The van der Waals surface area contributed by atoms with Gasteiger partial charge in [-0.15, -0.1) is 0 Å². The van der Waals surface area contributed by atoms with Gasteiger partial charge in [0.2, 0.25) is 0 Å². The molecule has 0 radical (unpaired) electrons. The molecule has 5 heteroatoms. The van der Waals surface area contributed by atoms with Gasteiger partial charge in [-0.3, -0.25) is 4.68 Å². The van der Waals surface area contributed by atoms with E-state index in [1.807, 2.05) is 36.1 Å². The van der Waals surface area contributed by atoms with Crippen LogP contribution < -0.4 is 0 Å². The van der Waals surface area contributed by atoms with Gasteiger partial charge in [0.15, 0.2) is 0 Å². The van der Waals surface area contributed by atoms with Crippen LogP contribution in [0.15, 0.2) is 34.6 Å². The van der Waals surface area contributed by atoms with Crippen LogP contribution in [0.4, 0.5) is 0 Å². The van der Waals surface area contributed by atoms with Crippen molar-refractivity contribution in [2.45, 2.75) is 71.8 Å². The molecule has 2 fully saturated rings. The first-order valence-corrected chi connectivity index (χ1v) is 11.5. The van der Waals surface area contributed by atoms with Crippen LogP contribution in [0.2, 0.25) is 0 Å². The summed E-state index contributed by atoms with van der Waals surface area (Å²) >= 11 is 0. The zero-order valence-corrected chi connectivity index (χ0v) is 18.3. The van der Waals surface area contributed by atoms with E-state index in [1.165, 1.54) is 42.5 Å². The number of aromatic hydroxyl groups is 1. The van der Waals surface area contributed by atoms with Crippen molar-refractivity contribution in [3.63, 3.8) is 0 Å². The quantitative estimate of drug-likeness (QED) is 0.561. The summed E-state index contributed by atoms with van der Waals surface area (Å²) in [5.41, 5.74) is 6.37. The van der Waals surface area contributed by atoms with Crippen molar-refractivity contribution in [3.05, 3.63) is 46.8 Å². The standard InChI is InChI=1S/C25H32N4O/c1-4-29-15-18(16(2)28-29)14-26-27-24-10-9-23-22-7-5-17-13-19(30)6-8-20(17)21(22)11-12-25(23,24)3/h6,8,13-15,21-23,30H,4-5,7,9-12H2,1-3H3/b26-14-,27-24-/t21-,22+,23+,25-/m0/s1. The minimum Gasteiger partial charge on any atom is -0.508 e. The molecule has 5 nitrogen and oxygen atoms in total. The maximum atomic E-state index is 9.87. The normalized spacial score (nSPS) is 31.7. The Balaban J connectivity index is 1.37. The average molecular weight is 405 g/mol. The molecular weight excluding hydrogens is 372 g/mol. The van der Waals surface area contributed by atoms with E-state index in [0.717, 1.165) is 36.6 Å². The molecule has 158 valence electrons. The van der Waals surface area contributed by atoms with Crippen molar-refractivity contribution in [1.82, 2.24) is 9.78 Å². The van der Waals surface area contributed by atoms with Crippen LogP contribution in [-0.4, -0.2) is 26.8 Å². The van der Waals surface area contributed by atoms with Gasteiger partial charge in [0, 0.05) is 29.4 Å². The molecule has 0 saturated heterocycles. The number of phenols is 1. The summed E-state index contributed by atoms with van der Waals surface area (Å²) in [7, 11) is 0. The summed E-state index contributed by atoms with van der Waals surface area (Å²) < 4.78 is 1.94. The van der Waals surface area contributed by atoms with Gasteiger partial charge in [0.05, 0.1) is 11.9 Å². The van der Waals surface area contributed by atoms with Gasteiger partial charge in [-0.1, -0.05) is 13.0 Å². The van der Waals surface area contributed by atoms with Crippen LogP contribution in [0.3, 0.4) is 0 Å². The van der Waals surface area contributed by atoms with Gasteiger partial charge in [-0.05, 0) is 93.4 Å². The SMILES string of the molecule is CCn1cc(/C=N\N=C2\CC[C@@H]3[C@@H]4CCc5cc(O)ccc5[C@@H]4CC[C@]23C)c(C)n1. The summed E-state index contributed by atoms with van der Waals surface area (Å²) in [6.45, 7) is 7.42. The highest BCUT2D eigenvalue weighted by Gasteiger charge is 2.53. The van der Waals surface area contributed by atoms with E-state index in [-0.39, 0.29) is 5.41 Å². The number of aryl methyl sites for hydroxylation is 3. The molecule has 0 bridgehead atoms. The average Bonchev–Trinajstić information content (AvgIpc) is 3.27. The second kappa shape index (κ2) is 7.36. The maximum absolute atomic E-state index is 9.87. The molecule has 30 heavy (non-hydrogen) atoms. The highest BCUT2D eigenvalue weighted by Crippen LogP contribution is 2.60. The van der Waals surface area contributed by atoms with E-state index >= 15 is 0 Å². The number of fused-ring (bicyclic) bond motifs is 5. The molecule has 2 aromatic rings. The summed E-state index contributed by atoms with van der Waals surface area (Å²) in [6.07, 6.45) is 10.9.